The summed E-state index contributed by atoms with van der Waals surface area (Å²) in [6.45, 7) is 6.46. The van der Waals surface area contributed by atoms with Crippen molar-refractivity contribution in [3.8, 4) is 0 Å². The molecule has 1 aliphatic rings. The molecule has 0 amide bonds. The van der Waals surface area contributed by atoms with Crippen LogP contribution < -0.4 is 5.32 Å². The topological polar surface area (TPSA) is 29.9 Å². The van der Waals surface area contributed by atoms with E-state index in [2.05, 4.69) is 48.0 Å². The van der Waals surface area contributed by atoms with Crippen molar-refractivity contribution >= 4 is 11.0 Å². The van der Waals surface area contributed by atoms with Gasteiger partial charge in [-0.2, -0.15) is 0 Å². The van der Waals surface area contributed by atoms with Crippen molar-refractivity contribution in [2.45, 2.75) is 65.1 Å². The number of benzene rings is 1. The predicted octanol–water partition coefficient (Wildman–Crippen LogP) is 4.11. The van der Waals surface area contributed by atoms with Crippen LogP contribution in [0.1, 0.15) is 51.8 Å². The molecule has 2 aromatic rings. The lowest BCUT2D eigenvalue weighted by Crippen LogP contribution is -2.29. The van der Waals surface area contributed by atoms with E-state index in [0.717, 1.165) is 30.9 Å². The van der Waals surface area contributed by atoms with Crippen LogP contribution in [0, 0.1) is 5.92 Å². The van der Waals surface area contributed by atoms with Crippen LogP contribution in [-0.4, -0.2) is 15.6 Å². The predicted molar refractivity (Wildman–Crippen MR) is 88.3 cm³/mol. The average molecular weight is 285 g/mol. The summed E-state index contributed by atoms with van der Waals surface area (Å²) in [4.78, 5) is 4.83. The number of fused-ring (bicyclic) bond motifs is 1. The molecule has 1 saturated carbocycles. The van der Waals surface area contributed by atoms with Crippen LogP contribution in [0.25, 0.3) is 11.0 Å². The van der Waals surface area contributed by atoms with Gasteiger partial charge in [0.15, 0.2) is 0 Å². The van der Waals surface area contributed by atoms with Crippen molar-refractivity contribution in [2.75, 3.05) is 0 Å². The number of hydrogen-bond donors (Lipinski definition) is 1. The molecule has 3 heteroatoms. The van der Waals surface area contributed by atoms with Crippen molar-refractivity contribution in [2.24, 2.45) is 5.92 Å². The normalized spacial score (nSPS) is 16.5. The maximum absolute atomic E-state index is 4.83. The fraction of sp³-hybridized carbons (Fsp3) is 0.611. The van der Waals surface area contributed by atoms with E-state index in [-0.39, 0.29) is 0 Å². The molecule has 1 unspecified atom stereocenters. The van der Waals surface area contributed by atoms with E-state index in [1.165, 1.54) is 37.0 Å². The minimum Gasteiger partial charge on any atom is -0.327 e. The van der Waals surface area contributed by atoms with E-state index >= 15 is 0 Å². The molecule has 1 aromatic heterocycles. The molecule has 1 atom stereocenters. The van der Waals surface area contributed by atoms with Gasteiger partial charge in [0.2, 0.25) is 0 Å². The average Bonchev–Trinajstić information content (AvgIpc) is 3.26. The zero-order valence-electron chi connectivity index (χ0n) is 13.3. The van der Waals surface area contributed by atoms with Crippen molar-refractivity contribution in [3.05, 3.63) is 30.1 Å². The van der Waals surface area contributed by atoms with Gasteiger partial charge in [0, 0.05) is 12.6 Å². The highest BCUT2D eigenvalue weighted by Gasteiger charge is 2.24. The monoisotopic (exact) mass is 285 g/mol. The maximum atomic E-state index is 4.83. The van der Waals surface area contributed by atoms with Crippen LogP contribution in [0.2, 0.25) is 0 Å². The first kappa shape index (κ1) is 14.6. The molecule has 1 N–H and O–H groups in total. The third kappa shape index (κ3) is 3.46. The largest absolute Gasteiger partial charge is 0.327 e. The lowest BCUT2D eigenvalue weighted by atomic mass is 10.1. The number of nitrogens with one attached hydrogen (secondary N) is 1. The number of aromatic nitrogens is 2. The van der Waals surface area contributed by atoms with E-state index in [1.54, 1.807) is 0 Å². The Balaban J connectivity index is 1.73. The summed E-state index contributed by atoms with van der Waals surface area (Å²) in [6.07, 6.45) is 6.57. The second-order valence-electron chi connectivity index (χ2n) is 6.33. The fourth-order valence-corrected chi connectivity index (χ4v) is 3.12. The van der Waals surface area contributed by atoms with Crippen LogP contribution in [-0.2, 0) is 13.1 Å². The van der Waals surface area contributed by atoms with E-state index < -0.39 is 0 Å². The zero-order chi connectivity index (χ0) is 14.7. The van der Waals surface area contributed by atoms with Gasteiger partial charge in [-0.1, -0.05) is 38.8 Å². The first-order valence-electron chi connectivity index (χ1n) is 8.49. The zero-order valence-corrected chi connectivity index (χ0v) is 13.3. The number of rotatable bonds is 8. The standard InChI is InChI=1S/C18H27N3/c1-3-11-21-17-8-6-5-7-16(17)20-18(21)13-19-15(4-2)12-14-9-10-14/h5-8,14-15,19H,3-4,9-13H2,1-2H3. The summed E-state index contributed by atoms with van der Waals surface area (Å²) in [5, 5.41) is 3.73. The van der Waals surface area contributed by atoms with Gasteiger partial charge in [-0.15, -0.1) is 0 Å². The third-order valence-corrected chi connectivity index (χ3v) is 4.54. The third-order valence-electron chi connectivity index (χ3n) is 4.54. The Morgan fingerprint density at radius 2 is 2.10 bits per heavy atom. The van der Waals surface area contributed by atoms with Gasteiger partial charge in [-0.05, 0) is 37.3 Å². The van der Waals surface area contributed by atoms with Crippen LogP contribution in [0.4, 0.5) is 0 Å². The van der Waals surface area contributed by atoms with Crippen LogP contribution in [0.3, 0.4) is 0 Å². The van der Waals surface area contributed by atoms with Gasteiger partial charge in [0.05, 0.1) is 17.6 Å². The molecule has 1 fully saturated rings. The molecule has 0 radical (unpaired) electrons. The lowest BCUT2D eigenvalue weighted by Gasteiger charge is -2.17. The first-order chi connectivity index (χ1) is 10.3. The van der Waals surface area contributed by atoms with Gasteiger partial charge in [-0.25, -0.2) is 4.98 Å². The highest BCUT2D eigenvalue weighted by Crippen LogP contribution is 2.34. The molecule has 0 aliphatic heterocycles. The van der Waals surface area contributed by atoms with E-state index in [4.69, 9.17) is 4.98 Å². The Morgan fingerprint density at radius 1 is 1.29 bits per heavy atom. The van der Waals surface area contributed by atoms with Crippen molar-refractivity contribution in [1.29, 1.82) is 0 Å². The number of para-hydroxylation sites is 2. The van der Waals surface area contributed by atoms with Crippen LogP contribution in [0.15, 0.2) is 24.3 Å². The number of aryl methyl sites for hydroxylation is 1. The molecule has 0 saturated heterocycles. The Labute approximate surface area is 127 Å². The Kier molecular flexibility index (Phi) is 4.59. The summed E-state index contributed by atoms with van der Waals surface area (Å²) >= 11 is 0. The molecule has 1 aromatic carbocycles. The molecule has 0 spiro atoms. The second-order valence-corrected chi connectivity index (χ2v) is 6.33. The maximum Gasteiger partial charge on any atom is 0.123 e. The summed E-state index contributed by atoms with van der Waals surface area (Å²) in [5.41, 5.74) is 2.39. The van der Waals surface area contributed by atoms with Crippen molar-refractivity contribution < 1.29 is 0 Å². The second kappa shape index (κ2) is 6.61. The Morgan fingerprint density at radius 3 is 2.81 bits per heavy atom. The highest BCUT2D eigenvalue weighted by molar-refractivity contribution is 5.75. The first-order valence-corrected chi connectivity index (χ1v) is 8.49. The molecule has 1 aliphatic carbocycles. The molecule has 114 valence electrons. The fourth-order valence-electron chi connectivity index (χ4n) is 3.12. The Hall–Kier alpha value is -1.35. The molecule has 1 heterocycles. The van der Waals surface area contributed by atoms with Crippen LogP contribution >= 0.6 is 0 Å². The number of imidazole rings is 1. The Bertz CT molecular complexity index is 583. The quantitative estimate of drug-likeness (QED) is 0.791. The van der Waals surface area contributed by atoms with E-state index in [9.17, 15) is 0 Å². The molecule has 3 nitrogen and oxygen atoms in total. The minimum absolute atomic E-state index is 0.646. The van der Waals surface area contributed by atoms with E-state index in [1.807, 2.05) is 0 Å². The van der Waals surface area contributed by atoms with E-state index in [0.29, 0.717) is 6.04 Å². The van der Waals surface area contributed by atoms with Crippen LogP contribution in [0.5, 0.6) is 0 Å². The summed E-state index contributed by atoms with van der Waals surface area (Å²) in [6, 6.07) is 9.13. The van der Waals surface area contributed by atoms with Crippen molar-refractivity contribution in [1.82, 2.24) is 14.9 Å². The smallest absolute Gasteiger partial charge is 0.123 e. The van der Waals surface area contributed by atoms with Gasteiger partial charge >= 0.3 is 0 Å². The van der Waals surface area contributed by atoms with Gasteiger partial charge in [0.25, 0.3) is 0 Å². The molecule has 21 heavy (non-hydrogen) atoms. The van der Waals surface area contributed by atoms with Crippen molar-refractivity contribution in [3.63, 3.8) is 0 Å². The highest BCUT2D eigenvalue weighted by atomic mass is 15.1. The number of nitrogens with zero attached hydrogens (tertiary/aromatic N) is 2. The minimum atomic E-state index is 0.646. The molecular formula is C18H27N3. The lowest BCUT2D eigenvalue weighted by molar-refractivity contribution is 0.433. The van der Waals surface area contributed by atoms with Gasteiger partial charge in [-0.3, -0.25) is 0 Å². The summed E-state index contributed by atoms with van der Waals surface area (Å²) < 4.78 is 2.38. The van der Waals surface area contributed by atoms with Gasteiger partial charge in [0.1, 0.15) is 5.82 Å². The SMILES string of the molecule is CCCn1c(CNC(CC)CC2CC2)nc2ccccc21. The molecule has 3 rings (SSSR count). The summed E-state index contributed by atoms with van der Waals surface area (Å²) in [5.74, 6) is 2.17. The van der Waals surface area contributed by atoms with Gasteiger partial charge < -0.3 is 9.88 Å². The summed E-state index contributed by atoms with van der Waals surface area (Å²) in [7, 11) is 0. The molecule has 0 bridgehead atoms. The molecular weight excluding hydrogens is 258 g/mol. The number of hydrogen-bond acceptors (Lipinski definition) is 2.